The number of furan rings is 1. The number of carbonyl (C=O) groups excluding carboxylic acids is 1. The van der Waals surface area contributed by atoms with E-state index in [9.17, 15) is 22.0 Å². The van der Waals surface area contributed by atoms with Gasteiger partial charge in [-0.1, -0.05) is 0 Å². The van der Waals surface area contributed by atoms with E-state index in [0.717, 1.165) is 13.1 Å². The zero-order chi connectivity index (χ0) is 14.1. The molecule has 1 heterocycles. The standard InChI is InChI=1S/C8H7BrClF2NO4S/c1-13(3-6(11)12)8(14)4-2-5(7(9)17-4)18(10,15)16/h2,6H,3H2,1H3. The Labute approximate surface area is 114 Å². The molecule has 1 rings (SSSR count). The third kappa shape index (κ3) is 3.66. The molecular weight excluding hydrogens is 360 g/mol. The van der Waals surface area contributed by atoms with E-state index in [-0.39, 0.29) is 4.67 Å². The molecular formula is C8H7BrClF2NO4S. The number of rotatable bonds is 4. The highest BCUT2D eigenvalue weighted by atomic mass is 79.9. The molecule has 5 nitrogen and oxygen atoms in total. The Balaban J connectivity index is 3.02. The summed E-state index contributed by atoms with van der Waals surface area (Å²) in [5.74, 6) is -1.27. The molecule has 0 saturated carbocycles. The van der Waals surface area contributed by atoms with Gasteiger partial charge in [0.2, 0.25) is 0 Å². The Bertz CT molecular complexity index is 559. The molecule has 0 aliphatic carbocycles. The second-order valence-electron chi connectivity index (χ2n) is 3.26. The van der Waals surface area contributed by atoms with E-state index >= 15 is 0 Å². The van der Waals surface area contributed by atoms with Crippen LogP contribution in [-0.4, -0.2) is 39.2 Å². The number of hydrogen-bond donors (Lipinski definition) is 0. The van der Waals surface area contributed by atoms with Crippen LogP contribution in [0.2, 0.25) is 0 Å². The van der Waals surface area contributed by atoms with E-state index in [1.165, 1.54) is 0 Å². The van der Waals surface area contributed by atoms with Crippen molar-refractivity contribution < 1.29 is 26.4 Å². The van der Waals surface area contributed by atoms with Crippen LogP contribution in [0.25, 0.3) is 0 Å². The molecule has 0 aliphatic heterocycles. The van der Waals surface area contributed by atoms with Crippen molar-refractivity contribution >= 4 is 41.6 Å². The van der Waals surface area contributed by atoms with Crippen LogP contribution in [-0.2, 0) is 9.05 Å². The number of amides is 1. The van der Waals surface area contributed by atoms with Crippen LogP contribution in [0.5, 0.6) is 0 Å². The first-order valence-corrected chi connectivity index (χ1v) is 7.50. The Morgan fingerprint density at radius 3 is 2.56 bits per heavy atom. The smallest absolute Gasteiger partial charge is 0.289 e. The molecule has 10 heteroatoms. The van der Waals surface area contributed by atoms with Crippen molar-refractivity contribution in [3.05, 3.63) is 16.5 Å². The van der Waals surface area contributed by atoms with Crippen molar-refractivity contribution in [3.8, 4) is 0 Å². The van der Waals surface area contributed by atoms with Gasteiger partial charge in [0.1, 0.15) is 4.90 Å². The monoisotopic (exact) mass is 365 g/mol. The Morgan fingerprint density at radius 1 is 1.61 bits per heavy atom. The topological polar surface area (TPSA) is 67.6 Å². The summed E-state index contributed by atoms with van der Waals surface area (Å²) in [4.78, 5) is 11.9. The van der Waals surface area contributed by atoms with Gasteiger partial charge in [-0.05, 0) is 15.9 Å². The number of alkyl halides is 2. The fraction of sp³-hybridized carbons (Fsp3) is 0.375. The molecule has 0 fully saturated rings. The summed E-state index contributed by atoms with van der Waals surface area (Å²) >= 11 is 2.77. The van der Waals surface area contributed by atoms with E-state index in [1.807, 2.05) is 0 Å². The molecule has 18 heavy (non-hydrogen) atoms. The van der Waals surface area contributed by atoms with Crippen LogP contribution in [0, 0.1) is 0 Å². The number of carbonyl (C=O) groups is 1. The van der Waals surface area contributed by atoms with Gasteiger partial charge >= 0.3 is 0 Å². The van der Waals surface area contributed by atoms with Gasteiger partial charge in [0.25, 0.3) is 21.4 Å². The summed E-state index contributed by atoms with van der Waals surface area (Å²) < 4.78 is 50.9. The van der Waals surface area contributed by atoms with Gasteiger partial charge in [-0.2, -0.15) is 0 Å². The molecule has 0 atom stereocenters. The molecule has 0 N–H and O–H groups in total. The lowest BCUT2D eigenvalue weighted by Crippen LogP contribution is -2.30. The number of halogens is 4. The summed E-state index contributed by atoms with van der Waals surface area (Å²) in [7, 11) is 2.14. The molecule has 1 aromatic rings. The Morgan fingerprint density at radius 2 is 2.17 bits per heavy atom. The van der Waals surface area contributed by atoms with Crippen LogP contribution in [0.15, 0.2) is 20.0 Å². The summed E-state index contributed by atoms with van der Waals surface area (Å²) in [5.41, 5.74) is 0. The third-order valence-electron chi connectivity index (χ3n) is 1.89. The average molecular weight is 367 g/mol. The highest BCUT2D eigenvalue weighted by molar-refractivity contribution is 9.10. The number of nitrogens with zero attached hydrogens (tertiary/aromatic N) is 1. The van der Waals surface area contributed by atoms with Crippen molar-refractivity contribution in [2.45, 2.75) is 11.3 Å². The van der Waals surface area contributed by atoms with E-state index in [4.69, 9.17) is 15.1 Å². The van der Waals surface area contributed by atoms with E-state index in [1.54, 1.807) is 0 Å². The maximum absolute atomic E-state index is 12.1. The minimum Gasteiger partial charge on any atom is -0.443 e. The van der Waals surface area contributed by atoms with Gasteiger partial charge in [-0.15, -0.1) is 0 Å². The summed E-state index contributed by atoms with van der Waals surface area (Å²) in [5, 5.41) is 0. The largest absolute Gasteiger partial charge is 0.443 e. The molecule has 0 aromatic carbocycles. The lowest BCUT2D eigenvalue weighted by atomic mass is 10.4. The molecule has 0 aliphatic rings. The van der Waals surface area contributed by atoms with Gasteiger partial charge in [-0.3, -0.25) is 4.79 Å². The average Bonchev–Trinajstić information content (AvgIpc) is 2.57. The molecule has 1 amide bonds. The van der Waals surface area contributed by atoms with Crippen LogP contribution in [0.1, 0.15) is 10.6 Å². The van der Waals surface area contributed by atoms with Crippen molar-refractivity contribution in [3.63, 3.8) is 0 Å². The zero-order valence-corrected chi connectivity index (χ0v) is 12.0. The van der Waals surface area contributed by atoms with Crippen molar-refractivity contribution in [1.82, 2.24) is 4.90 Å². The first kappa shape index (κ1) is 15.4. The molecule has 0 unspecified atom stereocenters. The molecule has 0 bridgehead atoms. The minimum atomic E-state index is -4.08. The van der Waals surface area contributed by atoms with Gasteiger partial charge in [0.15, 0.2) is 10.4 Å². The molecule has 0 spiro atoms. The highest BCUT2D eigenvalue weighted by Gasteiger charge is 2.25. The third-order valence-corrected chi connectivity index (χ3v) is 4.07. The summed E-state index contributed by atoms with van der Waals surface area (Å²) in [6.07, 6.45) is -2.70. The van der Waals surface area contributed by atoms with Gasteiger partial charge < -0.3 is 9.32 Å². The predicted molar refractivity (Wildman–Crippen MR) is 62.4 cm³/mol. The minimum absolute atomic E-state index is 0.258. The van der Waals surface area contributed by atoms with E-state index in [2.05, 4.69) is 15.9 Å². The SMILES string of the molecule is CN(CC(F)F)C(=O)c1cc(S(=O)(=O)Cl)c(Br)o1. The predicted octanol–water partition coefficient (Wildman–Crippen LogP) is 2.31. The highest BCUT2D eigenvalue weighted by Crippen LogP contribution is 2.29. The van der Waals surface area contributed by atoms with Gasteiger partial charge in [0, 0.05) is 23.8 Å². The van der Waals surface area contributed by atoms with E-state index in [0.29, 0.717) is 4.90 Å². The molecule has 0 radical (unpaired) electrons. The zero-order valence-electron chi connectivity index (χ0n) is 8.86. The normalized spacial score (nSPS) is 11.9. The maximum Gasteiger partial charge on any atom is 0.289 e. The quantitative estimate of drug-likeness (QED) is 0.767. The van der Waals surface area contributed by atoms with E-state index < -0.39 is 38.6 Å². The molecule has 102 valence electrons. The van der Waals surface area contributed by atoms with Crippen LogP contribution in [0.4, 0.5) is 8.78 Å². The lowest BCUT2D eigenvalue weighted by molar-refractivity contribution is 0.0592. The van der Waals surface area contributed by atoms with Crippen molar-refractivity contribution in [1.29, 1.82) is 0 Å². The maximum atomic E-state index is 12.1. The lowest BCUT2D eigenvalue weighted by Gasteiger charge is -2.14. The van der Waals surface area contributed by atoms with Crippen molar-refractivity contribution in [2.24, 2.45) is 0 Å². The second-order valence-corrected chi connectivity index (χ2v) is 6.52. The van der Waals surface area contributed by atoms with Crippen molar-refractivity contribution in [2.75, 3.05) is 13.6 Å². The molecule has 0 saturated heterocycles. The Kier molecular flexibility index (Phi) is 4.73. The summed E-state index contributed by atoms with van der Waals surface area (Å²) in [6.45, 7) is -0.792. The van der Waals surface area contributed by atoms with Crippen LogP contribution >= 0.6 is 26.6 Å². The first-order chi connectivity index (χ1) is 8.12. The second kappa shape index (κ2) is 5.54. The summed E-state index contributed by atoms with van der Waals surface area (Å²) in [6, 6.07) is 0.872. The van der Waals surface area contributed by atoms with Gasteiger partial charge in [0.05, 0.1) is 6.54 Å². The van der Waals surface area contributed by atoms with Gasteiger partial charge in [-0.25, -0.2) is 17.2 Å². The fourth-order valence-corrected chi connectivity index (χ4v) is 3.13. The number of hydrogen-bond acceptors (Lipinski definition) is 4. The van der Waals surface area contributed by atoms with Crippen LogP contribution < -0.4 is 0 Å². The molecule has 1 aromatic heterocycles. The van der Waals surface area contributed by atoms with Crippen LogP contribution in [0.3, 0.4) is 0 Å². The Hall–Kier alpha value is -0.670. The fourth-order valence-electron chi connectivity index (χ4n) is 1.10. The first-order valence-electron chi connectivity index (χ1n) is 4.40.